The van der Waals surface area contributed by atoms with Crippen LogP contribution in [0.4, 0.5) is 5.69 Å². The quantitative estimate of drug-likeness (QED) is 0.877. The second-order valence-corrected chi connectivity index (χ2v) is 5.35. The van der Waals surface area contributed by atoms with Gasteiger partial charge in [-0.3, -0.25) is 4.79 Å². The van der Waals surface area contributed by atoms with E-state index in [1.165, 1.54) is 0 Å². The number of hydrogen-bond acceptors (Lipinski definition) is 2. The molecule has 1 rings (SSSR count). The summed E-state index contributed by atoms with van der Waals surface area (Å²) in [7, 11) is 0. The van der Waals surface area contributed by atoms with Crippen LogP contribution in [-0.2, 0) is 4.79 Å². The summed E-state index contributed by atoms with van der Waals surface area (Å²) < 4.78 is 0.975. The van der Waals surface area contributed by atoms with E-state index in [9.17, 15) is 4.79 Å². The van der Waals surface area contributed by atoms with Gasteiger partial charge in [0.05, 0.1) is 0 Å². The Balaban J connectivity index is 2.45. The largest absolute Gasteiger partial charge is 0.328 e. The van der Waals surface area contributed by atoms with Crippen LogP contribution in [0, 0.1) is 6.92 Å². The van der Waals surface area contributed by atoms with Gasteiger partial charge in [-0.1, -0.05) is 15.9 Å². The Kier molecular flexibility index (Phi) is 5.65. The lowest BCUT2D eigenvalue weighted by atomic mass is 10.1. The van der Waals surface area contributed by atoms with Gasteiger partial charge >= 0.3 is 0 Å². The molecule has 1 amide bonds. The Morgan fingerprint density at radius 1 is 1.47 bits per heavy atom. The van der Waals surface area contributed by atoms with Gasteiger partial charge in [0.2, 0.25) is 5.91 Å². The van der Waals surface area contributed by atoms with Gasteiger partial charge in [0, 0.05) is 22.6 Å². The zero-order chi connectivity index (χ0) is 12.8. The lowest BCUT2D eigenvalue weighted by molar-refractivity contribution is -0.116. The van der Waals surface area contributed by atoms with E-state index >= 15 is 0 Å². The van der Waals surface area contributed by atoms with Gasteiger partial charge in [0.15, 0.2) is 0 Å². The topological polar surface area (TPSA) is 55.1 Å². The number of amides is 1. The van der Waals surface area contributed by atoms with Crippen LogP contribution in [0.3, 0.4) is 0 Å². The molecule has 3 N–H and O–H groups in total. The van der Waals surface area contributed by atoms with Crippen LogP contribution in [0.2, 0.25) is 0 Å². The molecule has 1 aromatic rings. The first-order valence-corrected chi connectivity index (χ1v) is 6.59. The average Bonchev–Trinajstić information content (AvgIpc) is 2.14. The third-order valence-corrected chi connectivity index (χ3v) is 2.85. The molecule has 1 unspecified atom stereocenters. The van der Waals surface area contributed by atoms with Gasteiger partial charge in [0.25, 0.3) is 0 Å². The van der Waals surface area contributed by atoms with E-state index in [-0.39, 0.29) is 11.9 Å². The number of benzene rings is 1. The molecule has 1 aromatic carbocycles. The maximum absolute atomic E-state index is 11.6. The summed E-state index contributed by atoms with van der Waals surface area (Å²) in [5, 5.41) is 2.89. The molecule has 0 bridgehead atoms. The van der Waals surface area contributed by atoms with Crippen molar-refractivity contribution in [2.24, 2.45) is 5.73 Å². The minimum atomic E-state index is 0.0446. The van der Waals surface area contributed by atoms with Crippen molar-refractivity contribution in [1.82, 2.24) is 0 Å². The van der Waals surface area contributed by atoms with E-state index in [2.05, 4.69) is 21.2 Å². The van der Waals surface area contributed by atoms with E-state index in [0.29, 0.717) is 6.42 Å². The third kappa shape index (κ3) is 5.84. The number of carbonyl (C=O) groups excluding carboxylic acids is 1. The fraction of sp³-hybridized carbons (Fsp3) is 0.462. The molecular weight excluding hydrogens is 280 g/mol. The van der Waals surface area contributed by atoms with E-state index in [1.807, 2.05) is 32.0 Å². The molecular formula is C13H19BrN2O. The maximum atomic E-state index is 11.6. The molecule has 0 fully saturated rings. The van der Waals surface area contributed by atoms with Crippen molar-refractivity contribution >= 4 is 27.5 Å². The second kappa shape index (κ2) is 6.77. The fourth-order valence-electron chi connectivity index (χ4n) is 1.62. The van der Waals surface area contributed by atoms with Crippen LogP contribution < -0.4 is 11.1 Å². The molecule has 3 nitrogen and oxygen atoms in total. The molecule has 0 aliphatic rings. The Morgan fingerprint density at radius 2 is 2.18 bits per heavy atom. The fourth-order valence-corrected chi connectivity index (χ4v) is 2.22. The summed E-state index contributed by atoms with van der Waals surface area (Å²) in [6.45, 7) is 3.95. The normalized spacial score (nSPS) is 12.2. The number of rotatable bonds is 5. The monoisotopic (exact) mass is 298 g/mol. The predicted molar refractivity (Wildman–Crippen MR) is 75.0 cm³/mol. The first-order valence-electron chi connectivity index (χ1n) is 5.80. The molecule has 94 valence electrons. The van der Waals surface area contributed by atoms with E-state index < -0.39 is 0 Å². The highest BCUT2D eigenvalue weighted by Gasteiger charge is 2.04. The molecule has 0 aliphatic heterocycles. The van der Waals surface area contributed by atoms with Crippen molar-refractivity contribution in [3.05, 3.63) is 28.2 Å². The van der Waals surface area contributed by atoms with Gasteiger partial charge in [0.1, 0.15) is 0 Å². The van der Waals surface area contributed by atoms with Crippen molar-refractivity contribution in [2.45, 2.75) is 39.2 Å². The number of nitrogens with one attached hydrogen (secondary N) is 1. The Bertz CT molecular complexity index is 371. The van der Waals surface area contributed by atoms with Crippen LogP contribution in [0.15, 0.2) is 22.7 Å². The summed E-state index contributed by atoms with van der Waals surface area (Å²) in [4.78, 5) is 11.6. The molecule has 17 heavy (non-hydrogen) atoms. The van der Waals surface area contributed by atoms with Crippen LogP contribution in [-0.4, -0.2) is 11.9 Å². The summed E-state index contributed by atoms with van der Waals surface area (Å²) in [6, 6.07) is 6.02. The van der Waals surface area contributed by atoms with Gasteiger partial charge < -0.3 is 11.1 Å². The number of hydrogen-bond donors (Lipinski definition) is 2. The zero-order valence-electron chi connectivity index (χ0n) is 10.3. The summed E-state index contributed by atoms with van der Waals surface area (Å²) >= 11 is 3.41. The van der Waals surface area contributed by atoms with Crippen molar-refractivity contribution in [1.29, 1.82) is 0 Å². The molecule has 4 heteroatoms. The van der Waals surface area contributed by atoms with Gasteiger partial charge in [-0.2, -0.15) is 0 Å². The number of nitrogens with two attached hydrogens (primary N) is 1. The third-order valence-electron chi connectivity index (χ3n) is 2.39. The minimum Gasteiger partial charge on any atom is -0.328 e. The molecule has 0 saturated heterocycles. The average molecular weight is 299 g/mol. The van der Waals surface area contributed by atoms with Crippen LogP contribution in [0.25, 0.3) is 0 Å². The number of halogens is 1. The van der Waals surface area contributed by atoms with Crippen LogP contribution >= 0.6 is 15.9 Å². The van der Waals surface area contributed by atoms with Crippen molar-refractivity contribution in [3.8, 4) is 0 Å². The molecule has 0 aromatic heterocycles. The van der Waals surface area contributed by atoms with Crippen molar-refractivity contribution in [2.75, 3.05) is 5.32 Å². The molecule has 0 saturated carbocycles. The summed E-state index contributed by atoms with van der Waals surface area (Å²) in [5.41, 5.74) is 7.58. The highest BCUT2D eigenvalue weighted by atomic mass is 79.9. The van der Waals surface area contributed by atoms with Crippen molar-refractivity contribution < 1.29 is 4.79 Å². The maximum Gasteiger partial charge on any atom is 0.224 e. The van der Waals surface area contributed by atoms with Crippen LogP contribution in [0.5, 0.6) is 0 Å². The van der Waals surface area contributed by atoms with Gasteiger partial charge in [-0.05, 0) is 50.5 Å². The smallest absolute Gasteiger partial charge is 0.224 e. The minimum absolute atomic E-state index is 0.0446. The number of anilines is 1. The van der Waals surface area contributed by atoms with E-state index in [0.717, 1.165) is 28.6 Å². The molecule has 0 radical (unpaired) electrons. The second-order valence-electron chi connectivity index (χ2n) is 4.43. The van der Waals surface area contributed by atoms with Gasteiger partial charge in [-0.15, -0.1) is 0 Å². The molecule has 0 aliphatic carbocycles. The Labute approximate surface area is 111 Å². The SMILES string of the molecule is Cc1cc(Br)cc(NC(=O)CCCC(C)N)c1. The van der Waals surface area contributed by atoms with Crippen molar-refractivity contribution in [3.63, 3.8) is 0 Å². The van der Waals surface area contributed by atoms with Crippen LogP contribution in [0.1, 0.15) is 31.7 Å². The lowest BCUT2D eigenvalue weighted by Crippen LogP contribution is -2.16. The lowest BCUT2D eigenvalue weighted by Gasteiger charge is -2.08. The Hall–Kier alpha value is -0.870. The predicted octanol–water partition coefficient (Wildman–Crippen LogP) is 3.21. The number of aryl methyl sites for hydroxylation is 1. The standard InChI is InChI=1S/C13H19BrN2O/c1-9-6-11(14)8-12(7-9)16-13(17)5-3-4-10(2)15/h6-8,10H,3-5,15H2,1-2H3,(H,16,17). The first-order chi connectivity index (χ1) is 7.97. The zero-order valence-corrected chi connectivity index (χ0v) is 11.9. The highest BCUT2D eigenvalue weighted by Crippen LogP contribution is 2.19. The van der Waals surface area contributed by atoms with E-state index in [1.54, 1.807) is 0 Å². The molecule has 0 heterocycles. The van der Waals surface area contributed by atoms with E-state index in [4.69, 9.17) is 5.73 Å². The Morgan fingerprint density at radius 3 is 2.76 bits per heavy atom. The highest BCUT2D eigenvalue weighted by molar-refractivity contribution is 9.10. The number of carbonyl (C=O) groups is 1. The van der Waals surface area contributed by atoms with Gasteiger partial charge in [-0.25, -0.2) is 0 Å². The summed E-state index contributed by atoms with van der Waals surface area (Å²) in [5.74, 6) is 0.0446. The summed E-state index contributed by atoms with van der Waals surface area (Å²) in [6.07, 6.45) is 2.23. The molecule has 1 atom stereocenters. The molecule has 0 spiro atoms. The first kappa shape index (κ1) is 14.2.